The van der Waals surface area contributed by atoms with Crippen molar-refractivity contribution in [2.75, 3.05) is 18.1 Å². The van der Waals surface area contributed by atoms with Gasteiger partial charge in [0.15, 0.2) is 0 Å². The zero-order chi connectivity index (χ0) is 13.0. The average molecular weight is 269 g/mol. The molecule has 106 valence electrons. The Morgan fingerprint density at radius 2 is 1.83 bits per heavy atom. The summed E-state index contributed by atoms with van der Waals surface area (Å²) in [6.45, 7) is 8.55. The molecule has 18 heavy (non-hydrogen) atoms. The van der Waals surface area contributed by atoms with E-state index in [1.54, 1.807) is 0 Å². The van der Waals surface area contributed by atoms with Gasteiger partial charge in [0, 0.05) is 6.04 Å². The van der Waals surface area contributed by atoms with Gasteiger partial charge in [0.1, 0.15) is 0 Å². The van der Waals surface area contributed by atoms with Gasteiger partial charge in [-0.15, -0.1) is 0 Å². The second-order valence-electron chi connectivity index (χ2n) is 7.03. The van der Waals surface area contributed by atoms with E-state index in [9.17, 15) is 0 Å². The lowest BCUT2D eigenvalue weighted by Crippen LogP contribution is -2.38. The number of thioether (sulfide) groups is 1. The Labute approximate surface area is 118 Å². The van der Waals surface area contributed by atoms with Gasteiger partial charge in [0.05, 0.1) is 0 Å². The third-order valence-electron chi connectivity index (χ3n) is 5.46. The molecule has 0 spiro atoms. The Hall–Kier alpha value is 0.310. The molecule has 1 unspecified atom stereocenters. The lowest BCUT2D eigenvalue weighted by Gasteiger charge is -2.39. The summed E-state index contributed by atoms with van der Waals surface area (Å²) in [5.74, 6) is 4.71. The third-order valence-corrected chi connectivity index (χ3v) is 6.69. The molecule has 0 aromatic heterocycles. The molecule has 0 radical (unpaired) electrons. The zero-order valence-electron chi connectivity index (χ0n) is 12.5. The molecule has 1 saturated carbocycles. The number of hydrogen-bond acceptors (Lipinski definition) is 2. The van der Waals surface area contributed by atoms with E-state index < -0.39 is 0 Å². The van der Waals surface area contributed by atoms with Crippen LogP contribution in [0.1, 0.15) is 59.3 Å². The third kappa shape index (κ3) is 3.90. The van der Waals surface area contributed by atoms with Crippen LogP contribution in [-0.2, 0) is 0 Å². The van der Waals surface area contributed by atoms with E-state index >= 15 is 0 Å². The standard InChI is InChI=1S/C16H31NS/c1-4-16(2,3)14-5-7-15(8-6-14)17-11-13-9-10-18-12-13/h13-15,17H,4-12H2,1-3H3. The van der Waals surface area contributed by atoms with Crippen LogP contribution < -0.4 is 5.32 Å². The van der Waals surface area contributed by atoms with Gasteiger partial charge in [-0.05, 0) is 67.4 Å². The molecule has 2 aliphatic rings. The van der Waals surface area contributed by atoms with Gasteiger partial charge in [-0.3, -0.25) is 0 Å². The first-order valence-electron chi connectivity index (χ1n) is 7.93. The van der Waals surface area contributed by atoms with E-state index in [0.29, 0.717) is 5.41 Å². The van der Waals surface area contributed by atoms with Crippen LogP contribution in [0, 0.1) is 17.3 Å². The van der Waals surface area contributed by atoms with Gasteiger partial charge in [0.25, 0.3) is 0 Å². The summed E-state index contributed by atoms with van der Waals surface area (Å²) in [4.78, 5) is 0. The minimum absolute atomic E-state index is 0.563. The van der Waals surface area contributed by atoms with E-state index in [1.807, 2.05) is 0 Å². The van der Waals surface area contributed by atoms with E-state index in [1.165, 1.54) is 56.6 Å². The topological polar surface area (TPSA) is 12.0 Å². The van der Waals surface area contributed by atoms with Gasteiger partial charge in [-0.2, -0.15) is 11.8 Å². The Morgan fingerprint density at radius 1 is 1.11 bits per heavy atom. The van der Waals surface area contributed by atoms with Crippen LogP contribution in [0.15, 0.2) is 0 Å². The van der Waals surface area contributed by atoms with E-state index in [4.69, 9.17) is 0 Å². The van der Waals surface area contributed by atoms with Gasteiger partial charge >= 0.3 is 0 Å². The normalized spacial score (nSPS) is 33.8. The van der Waals surface area contributed by atoms with Crippen molar-refractivity contribution in [3.63, 3.8) is 0 Å². The van der Waals surface area contributed by atoms with Crippen LogP contribution in [0.4, 0.5) is 0 Å². The summed E-state index contributed by atoms with van der Waals surface area (Å²) in [6.07, 6.45) is 8.47. The van der Waals surface area contributed by atoms with Gasteiger partial charge in [-0.25, -0.2) is 0 Å². The molecule has 2 fully saturated rings. The summed E-state index contributed by atoms with van der Waals surface area (Å²) in [6, 6.07) is 0.819. The van der Waals surface area contributed by atoms with Crippen LogP contribution in [0.3, 0.4) is 0 Å². The first-order chi connectivity index (χ1) is 8.62. The molecule has 0 amide bonds. The highest BCUT2D eigenvalue weighted by molar-refractivity contribution is 7.99. The van der Waals surface area contributed by atoms with E-state index in [0.717, 1.165) is 17.9 Å². The maximum atomic E-state index is 3.84. The molecule has 2 rings (SSSR count). The highest BCUT2D eigenvalue weighted by atomic mass is 32.2. The van der Waals surface area contributed by atoms with Gasteiger partial charge in [0.2, 0.25) is 0 Å². The Bertz CT molecular complexity index is 237. The van der Waals surface area contributed by atoms with Crippen molar-refractivity contribution in [3.05, 3.63) is 0 Å². The number of nitrogens with one attached hydrogen (secondary N) is 1. The fourth-order valence-electron chi connectivity index (χ4n) is 3.45. The molecule has 0 aromatic carbocycles. The molecule has 1 saturated heterocycles. The highest BCUT2D eigenvalue weighted by Gasteiger charge is 2.31. The lowest BCUT2D eigenvalue weighted by molar-refractivity contribution is 0.136. The van der Waals surface area contributed by atoms with Crippen LogP contribution in [0.2, 0.25) is 0 Å². The van der Waals surface area contributed by atoms with Crippen molar-refractivity contribution >= 4 is 11.8 Å². The van der Waals surface area contributed by atoms with Crippen molar-refractivity contribution in [1.29, 1.82) is 0 Å². The minimum Gasteiger partial charge on any atom is -0.314 e. The molecule has 2 heteroatoms. The minimum atomic E-state index is 0.563. The predicted octanol–water partition coefficient (Wildman–Crippen LogP) is 4.32. The molecule has 0 bridgehead atoms. The molecule has 1 atom stereocenters. The number of hydrogen-bond donors (Lipinski definition) is 1. The van der Waals surface area contributed by atoms with E-state index in [-0.39, 0.29) is 0 Å². The fourth-order valence-corrected chi connectivity index (χ4v) is 4.73. The van der Waals surface area contributed by atoms with Crippen molar-refractivity contribution in [3.8, 4) is 0 Å². The molecule has 1 heterocycles. The second kappa shape index (κ2) is 6.65. The quantitative estimate of drug-likeness (QED) is 0.797. The summed E-state index contributed by atoms with van der Waals surface area (Å²) in [7, 11) is 0. The summed E-state index contributed by atoms with van der Waals surface area (Å²) < 4.78 is 0. The smallest absolute Gasteiger partial charge is 0.00673 e. The summed E-state index contributed by atoms with van der Waals surface area (Å²) in [5, 5.41) is 3.84. The first kappa shape index (κ1) is 14.7. The SMILES string of the molecule is CCC(C)(C)C1CCC(NCC2CCSC2)CC1. The second-order valence-corrected chi connectivity index (χ2v) is 8.18. The maximum Gasteiger partial charge on any atom is 0.00673 e. The average Bonchev–Trinajstić information content (AvgIpc) is 2.90. The molecule has 0 aromatic rings. The Balaban J connectivity index is 1.66. The van der Waals surface area contributed by atoms with Crippen LogP contribution in [0.5, 0.6) is 0 Å². The molecule has 1 nitrogen and oxygen atoms in total. The number of rotatable bonds is 5. The predicted molar refractivity (Wildman–Crippen MR) is 83.3 cm³/mol. The van der Waals surface area contributed by atoms with Crippen LogP contribution in [0.25, 0.3) is 0 Å². The molecular formula is C16H31NS. The summed E-state index contributed by atoms with van der Waals surface area (Å²) >= 11 is 2.14. The zero-order valence-corrected chi connectivity index (χ0v) is 13.3. The van der Waals surface area contributed by atoms with Crippen molar-refractivity contribution < 1.29 is 0 Å². The summed E-state index contributed by atoms with van der Waals surface area (Å²) in [5.41, 5.74) is 0.563. The van der Waals surface area contributed by atoms with Crippen LogP contribution >= 0.6 is 11.8 Å². The monoisotopic (exact) mass is 269 g/mol. The molecular weight excluding hydrogens is 238 g/mol. The molecule has 1 aliphatic carbocycles. The van der Waals surface area contributed by atoms with E-state index in [2.05, 4.69) is 37.8 Å². The first-order valence-corrected chi connectivity index (χ1v) is 9.08. The fraction of sp³-hybridized carbons (Fsp3) is 1.00. The molecule has 1 aliphatic heterocycles. The van der Waals surface area contributed by atoms with Gasteiger partial charge in [-0.1, -0.05) is 27.2 Å². The van der Waals surface area contributed by atoms with Gasteiger partial charge < -0.3 is 5.32 Å². The van der Waals surface area contributed by atoms with Crippen molar-refractivity contribution in [1.82, 2.24) is 5.32 Å². The van der Waals surface area contributed by atoms with Crippen molar-refractivity contribution in [2.45, 2.75) is 65.3 Å². The Morgan fingerprint density at radius 3 is 2.39 bits per heavy atom. The Kier molecular flexibility index (Phi) is 5.44. The maximum absolute atomic E-state index is 3.84. The largest absolute Gasteiger partial charge is 0.314 e. The lowest BCUT2D eigenvalue weighted by atomic mass is 9.69. The van der Waals surface area contributed by atoms with Crippen LogP contribution in [-0.4, -0.2) is 24.1 Å². The highest BCUT2D eigenvalue weighted by Crippen LogP contribution is 2.40. The molecule has 1 N–H and O–H groups in total. The van der Waals surface area contributed by atoms with Crippen molar-refractivity contribution in [2.24, 2.45) is 17.3 Å².